The van der Waals surface area contributed by atoms with Crippen LogP contribution in [0.1, 0.15) is 25.0 Å². The molecular weight excluding hydrogens is 344 g/mol. The molecule has 0 heterocycles. The van der Waals surface area contributed by atoms with Gasteiger partial charge in [0, 0.05) is 20.3 Å². The molecule has 0 amide bonds. The van der Waals surface area contributed by atoms with E-state index in [1.807, 2.05) is 6.07 Å². The highest BCUT2D eigenvalue weighted by Crippen LogP contribution is 2.52. The number of hydrogen-bond acceptors (Lipinski definition) is 0. The number of benzene rings is 3. The van der Waals surface area contributed by atoms with E-state index in [1.165, 1.54) is 33.0 Å². The van der Waals surface area contributed by atoms with Crippen molar-refractivity contribution in [3.63, 3.8) is 0 Å². The summed E-state index contributed by atoms with van der Waals surface area (Å²) >= 11 is 9.99. The summed E-state index contributed by atoms with van der Waals surface area (Å²) in [5, 5.41) is 3.33. The third-order valence-corrected chi connectivity index (χ3v) is 5.49. The van der Waals surface area contributed by atoms with E-state index >= 15 is 0 Å². The third kappa shape index (κ3) is 1.74. The van der Waals surface area contributed by atoms with Gasteiger partial charge in [0.2, 0.25) is 0 Å². The Labute approximate surface area is 137 Å². The molecule has 1 aliphatic carbocycles. The van der Waals surface area contributed by atoms with Crippen LogP contribution in [0, 0.1) is 0 Å². The Hall–Kier alpha value is -1.31. The first kappa shape index (κ1) is 13.4. The fraction of sp³-hybridized carbons (Fsp3) is 0.158. The summed E-state index contributed by atoms with van der Waals surface area (Å²) in [5.41, 5.74) is 5.32. The highest BCUT2D eigenvalue weighted by Gasteiger charge is 2.36. The predicted octanol–water partition coefficient (Wildman–Crippen LogP) is 6.56. The Morgan fingerprint density at radius 1 is 0.952 bits per heavy atom. The van der Waals surface area contributed by atoms with E-state index in [2.05, 4.69) is 72.2 Å². The van der Waals surface area contributed by atoms with Gasteiger partial charge in [0.25, 0.3) is 0 Å². The van der Waals surface area contributed by atoms with E-state index in [-0.39, 0.29) is 5.41 Å². The lowest BCUT2D eigenvalue weighted by molar-refractivity contribution is 0.661. The van der Waals surface area contributed by atoms with Gasteiger partial charge in [-0.3, -0.25) is 0 Å². The zero-order chi connectivity index (χ0) is 14.8. The van der Waals surface area contributed by atoms with Crippen molar-refractivity contribution in [3.05, 3.63) is 69.2 Å². The molecule has 0 aliphatic heterocycles. The summed E-state index contributed by atoms with van der Waals surface area (Å²) in [6.45, 7) is 4.57. The number of hydrogen-bond donors (Lipinski definition) is 0. The van der Waals surface area contributed by atoms with Gasteiger partial charge in [-0.2, -0.15) is 0 Å². The average Bonchev–Trinajstić information content (AvgIpc) is 2.67. The molecule has 4 rings (SSSR count). The van der Waals surface area contributed by atoms with Crippen LogP contribution in [-0.2, 0) is 5.41 Å². The molecule has 3 aromatic rings. The van der Waals surface area contributed by atoms with Crippen LogP contribution in [0.2, 0.25) is 5.02 Å². The first-order chi connectivity index (χ1) is 10.00. The normalized spacial score (nSPS) is 15.0. The van der Waals surface area contributed by atoms with Crippen LogP contribution >= 0.6 is 27.5 Å². The van der Waals surface area contributed by atoms with Crippen molar-refractivity contribution in [1.29, 1.82) is 0 Å². The molecule has 0 bridgehead atoms. The molecule has 1 aliphatic rings. The van der Waals surface area contributed by atoms with Gasteiger partial charge in [-0.1, -0.05) is 71.7 Å². The summed E-state index contributed by atoms with van der Waals surface area (Å²) in [5.74, 6) is 0. The van der Waals surface area contributed by atoms with Gasteiger partial charge in [0.1, 0.15) is 0 Å². The van der Waals surface area contributed by atoms with E-state index < -0.39 is 0 Å². The van der Waals surface area contributed by atoms with Crippen molar-refractivity contribution in [2.45, 2.75) is 19.3 Å². The maximum atomic E-state index is 6.26. The summed E-state index contributed by atoms with van der Waals surface area (Å²) in [4.78, 5) is 0. The lowest BCUT2D eigenvalue weighted by Crippen LogP contribution is -2.14. The smallest absolute Gasteiger partial charge is 0.0412 e. The van der Waals surface area contributed by atoms with Crippen LogP contribution in [0.25, 0.3) is 21.9 Å². The van der Waals surface area contributed by atoms with Gasteiger partial charge in [-0.05, 0) is 45.8 Å². The summed E-state index contributed by atoms with van der Waals surface area (Å²) in [6, 6.07) is 17.1. The second-order valence-corrected chi connectivity index (χ2v) is 7.43. The molecule has 0 spiro atoms. The molecule has 0 N–H and O–H groups in total. The van der Waals surface area contributed by atoms with Gasteiger partial charge < -0.3 is 0 Å². The predicted molar refractivity (Wildman–Crippen MR) is 94.2 cm³/mol. The molecule has 0 radical (unpaired) electrons. The van der Waals surface area contributed by atoms with Crippen molar-refractivity contribution >= 4 is 38.3 Å². The molecule has 0 saturated heterocycles. The largest absolute Gasteiger partial charge is 0.0843 e. The first-order valence-electron chi connectivity index (χ1n) is 7.02. The van der Waals surface area contributed by atoms with Crippen molar-refractivity contribution in [2.75, 3.05) is 0 Å². The summed E-state index contributed by atoms with van der Waals surface area (Å²) in [7, 11) is 0. The molecule has 0 aromatic heterocycles. The van der Waals surface area contributed by atoms with Gasteiger partial charge in [0.05, 0.1) is 0 Å². The van der Waals surface area contributed by atoms with Crippen LogP contribution in [0.15, 0.2) is 53.0 Å². The lowest BCUT2D eigenvalue weighted by Gasteiger charge is -2.21. The second kappa shape index (κ2) is 4.34. The Balaban J connectivity index is 2.24. The highest BCUT2D eigenvalue weighted by atomic mass is 79.9. The van der Waals surface area contributed by atoms with Crippen molar-refractivity contribution < 1.29 is 0 Å². The fourth-order valence-electron chi connectivity index (χ4n) is 3.55. The molecule has 3 aromatic carbocycles. The molecule has 21 heavy (non-hydrogen) atoms. The monoisotopic (exact) mass is 356 g/mol. The zero-order valence-corrected chi connectivity index (χ0v) is 14.2. The zero-order valence-electron chi connectivity index (χ0n) is 11.9. The molecule has 0 saturated carbocycles. The van der Waals surface area contributed by atoms with Crippen molar-refractivity contribution in [1.82, 2.24) is 0 Å². The van der Waals surface area contributed by atoms with Crippen LogP contribution in [0.4, 0.5) is 0 Å². The van der Waals surface area contributed by atoms with E-state index in [9.17, 15) is 0 Å². The van der Waals surface area contributed by atoms with Gasteiger partial charge in [0.15, 0.2) is 0 Å². The van der Waals surface area contributed by atoms with Crippen LogP contribution in [0.5, 0.6) is 0 Å². The van der Waals surface area contributed by atoms with E-state index in [1.54, 1.807) is 0 Å². The number of fused-ring (bicyclic) bond motifs is 5. The average molecular weight is 358 g/mol. The molecular formula is C19H14BrCl. The molecule has 0 unspecified atom stereocenters. The van der Waals surface area contributed by atoms with Gasteiger partial charge in [-0.25, -0.2) is 0 Å². The lowest BCUT2D eigenvalue weighted by atomic mass is 9.82. The quantitative estimate of drug-likeness (QED) is 0.427. The molecule has 104 valence electrons. The van der Waals surface area contributed by atoms with Crippen LogP contribution in [-0.4, -0.2) is 0 Å². The van der Waals surface area contributed by atoms with Crippen molar-refractivity contribution in [3.8, 4) is 11.1 Å². The Kier molecular flexibility index (Phi) is 2.76. The van der Waals surface area contributed by atoms with E-state index in [4.69, 9.17) is 11.6 Å². The van der Waals surface area contributed by atoms with Crippen molar-refractivity contribution in [2.24, 2.45) is 0 Å². The first-order valence-corrected chi connectivity index (χ1v) is 8.19. The maximum Gasteiger partial charge on any atom is 0.0412 e. The minimum absolute atomic E-state index is 0.0126. The SMILES string of the molecule is CC1(C)c2ccc(Cl)cc2-c2c1ccc1cccc(Br)c21. The Morgan fingerprint density at radius 2 is 1.71 bits per heavy atom. The fourth-order valence-corrected chi connectivity index (χ4v) is 4.30. The molecule has 2 heteroatoms. The number of halogens is 2. The molecule has 0 nitrogen and oxygen atoms in total. The minimum Gasteiger partial charge on any atom is -0.0843 e. The molecule has 0 fully saturated rings. The maximum absolute atomic E-state index is 6.26. The topological polar surface area (TPSA) is 0 Å². The van der Waals surface area contributed by atoms with Gasteiger partial charge in [-0.15, -0.1) is 0 Å². The molecule has 0 atom stereocenters. The van der Waals surface area contributed by atoms with Crippen LogP contribution < -0.4 is 0 Å². The summed E-state index contributed by atoms with van der Waals surface area (Å²) in [6.07, 6.45) is 0. The highest BCUT2D eigenvalue weighted by molar-refractivity contribution is 9.10. The standard InChI is InChI=1S/C19H14BrCl/c1-19(2)14-9-7-12(21)10-13(14)18-15(19)8-6-11-4-3-5-16(20)17(11)18/h3-10H,1-2H3. The number of rotatable bonds is 0. The summed E-state index contributed by atoms with van der Waals surface area (Å²) < 4.78 is 1.14. The van der Waals surface area contributed by atoms with Gasteiger partial charge >= 0.3 is 0 Å². The van der Waals surface area contributed by atoms with E-state index in [0.29, 0.717) is 0 Å². The van der Waals surface area contributed by atoms with Crippen LogP contribution in [0.3, 0.4) is 0 Å². The Bertz CT molecular complexity index is 893. The van der Waals surface area contributed by atoms with E-state index in [0.717, 1.165) is 9.50 Å². The second-order valence-electron chi connectivity index (χ2n) is 6.14. The third-order valence-electron chi connectivity index (χ3n) is 4.59. The Morgan fingerprint density at radius 3 is 2.52 bits per heavy atom. The minimum atomic E-state index is 0.0126.